The number of nitrogens with one attached hydrogen (secondary N) is 1. The van der Waals surface area contributed by atoms with E-state index in [1.165, 1.54) is 30.0 Å². The average molecular weight is 299 g/mol. The maximum Gasteiger partial charge on any atom is 0.330 e. The number of benzene rings is 1. The first-order valence-corrected chi connectivity index (χ1v) is 6.71. The number of nitrogens with zero attached hydrogens (tertiary/aromatic N) is 2. The molecule has 1 amide bonds. The van der Waals surface area contributed by atoms with E-state index in [1.54, 1.807) is 13.1 Å². The van der Waals surface area contributed by atoms with Crippen LogP contribution in [0.2, 0.25) is 0 Å². The molecule has 1 aromatic carbocycles. The van der Waals surface area contributed by atoms with Gasteiger partial charge in [-0.15, -0.1) is 0 Å². The van der Waals surface area contributed by atoms with Crippen LogP contribution >= 0.6 is 0 Å². The Balaban J connectivity index is 2.20. The molecule has 0 atom stereocenters. The Kier molecular flexibility index (Phi) is 4.41. The van der Waals surface area contributed by atoms with Gasteiger partial charge >= 0.3 is 5.69 Å². The minimum absolute atomic E-state index is 0.268. The zero-order valence-electron chi connectivity index (χ0n) is 12.7. The molecule has 1 N–H and O–H groups in total. The molecule has 2 aromatic rings. The third kappa shape index (κ3) is 3.41. The number of hydrogen-bond acceptors (Lipinski definition) is 3. The van der Waals surface area contributed by atoms with Gasteiger partial charge in [0.15, 0.2) is 0 Å². The molecular weight excluding hydrogens is 282 g/mol. The standard InChI is InChI=1S/C16H17N3O3/c1-11-5-4-6-13(9-11)17-14(20)8-7-12-10-18(2)16(22)19(3)15(12)21/h4-10H,1-3H3,(H,17,20)/b8-7+. The van der Waals surface area contributed by atoms with E-state index in [0.717, 1.165) is 10.1 Å². The van der Waals surface area contributed by atoms with E-state index >= 15 is 0 Å². The molecule has 0 aliphatic heterocycles. The largest absolute Gasteiger partial charge is 0.330 e. The number of aryl methyl sites for hydroxylation is 2. The first-order chi connectivity index (χ1) is 10.4. The highest BCUT2D eigenvalue weighted by Gasteiger charge is 2.04. The summed E-state index contributed by atoms with van der Waals surface area (Å²) in [6.45, 7) is 1.93. The fourth-order valence-electron chi connectivity index (χ4n) is 2.02. The number of rotatable bonds is 3. The summed E-state index contributed by atoms with van der Waals surface area (Å²) in [7, 11) is 2.95. The Morgan fingerprint density at radius 2 is 1.95 bits per heavy atom. The molecule has 2 rings (SSSR count). The minimum atomic E-state index is -0.442. The van der Waals surface area contributed by atoms with E-state index < -0.39 is 11.2 Å². The fraction of sp³-hybridized carbons (Fsp3) is 0.188. The molecule has 0 fully saturated rings. The van der Waals surface area contributed by atoms with Crippen molar-refractivity contribution >= 4 is 17.7 Å². The first-order valence-electron chi connectivity index (χ1n) is 6.71. The van der Waals surface area contributed by atoms with Gasteiger partial charge in [0.1, 0.15) is 0 Å². The number of hydrogen-bond donors (Lipinski definition) is 1. The molecule has 6 nitrogen and oxygen atoms in total. The van der Waals surface area contributed by atoms with Crippen LogP contribution in [0.4, 0.5) is 5.69 Å². The topological polar surface area (TPSA) is 73.1 Å². The lowest BCUT2D eigenvalue weighted by atomic mass is 10.2. The van der Waals surface area contributed by atoms with E-state index in [2.05, 4.69) is 5.32 Å². The summed E-state index contributed by atoms with van der Waals surface area (Å²) in [4.78, 5) is 35.4. The highest BCUT2D eigenvalue weighted by atomic mass is 16.2. The molecule has 1 heterocycles. The van der Waals surface area contributed by atoms with E-state index in [1.807, 2.05) is 25.1 Å². The Bertz CT molecular complexity index is 860. The maximum absolute atomic E-state index is 11.9. The molecule has 114 valence electrons. The molecule has 0 saturated heterocycles. The van der Waals surface area contributed by atoms with Gasteiger partial charge in [-0.05, 0) is 30.7 Å². The number of amides is 1. The molecule has 0 bridgehead atoms. The van der Waals surface area contributed by atoms with Crippen LogP contribution in [0.3, 0.4) is 0 Å². The predicted octanol–water partition coefficient (Wildman–Crippen LogP) is 1.04. The molecule has 6 heteroatoms. The van der Waals surface area contributed by atoms with E-state index in [-0.39, 0.29) is 11.5 Å². The Labute approximate surface area is 127 Å². The van der Waals surface area contributed by atoms with Gasteiger partial charge in [-0.2, -0.15) is 0 Å². The lowest BCUT2D eigenvalue weighted by molar-refractivity contribution is -0.111. The second-order valence-corrected chi connectivity index (χ2v) is 5.03. The SMILES string of the molecule is Cc1cccc(NC(=O)/C=C/c2cn(C)c(=O)n(C)c2=O)c1. The summed E-state index contributed by atoms with van der Waals surface area (Å²) >= 11 is 0. The molecule has 22 heavy (non-hydrogen) atoms. The van der Waals surface area contributed by atoms with Gasteiger partial charge in [0.05, 0.1) is 5.56 Å². The average Bonchev–Trinajstić information content (AvgIpc) is 2.47. The van der Waals surface area contributed by atoms with Gasteiger partial charge in [-0.25, -0.2) is 4.79 Å². The molecule has 0 unspecified atom stereocenters. The summed E-state index contributed by atoms with van der Waals surface area (Å²) in [6, 6.07) is 7.40. The van der Waals surface area contributed by atoms with Crippen molar-refractivity contribution in [3.8, 4) is 0 Å². The van der Waals surface area contributed by atoms with Crippen molar-refractivity contribution < 1.29 is 4.79 Å². The lowest BCUT2D eigenvalue weighted by Gasteiger charge is -2.04. The highest BCUT2D eigenvalue weighted by Crippen LogP contribution is 2.09. The predicted molar refractivity (Wildman–Crippen MR) is 85.8 cm³/mol. The first kappa shape index (κ1) is 15.5. The molecule has 0 aliphatic carbocycles. The summed E-state index contributed by atoms with van der Waals surface area (Å²) in [6.07, 6.45) is 4.07. The maximum atomic E-state index is 11.9. The minimum Gasteiger partial charge on any atom is -0.323 e. The molecule has 0 aliphatic rings. The van der Waals surface area contributed by atoms with Crippen LogP contribution in [0.25, 0.3) is 6.08 Å². The molecule has 0 radical (unpaired) electrons. The van der Waals surface area contributed by atoms with Crippen LogP contribution in [-0.4, -0.2) is 15.0 Å². The molecule has 0 spiro atoms. The summed E-state index contributed by atoms with van der Waals surface area (Å²) < 4.78 is 2.29. The number of aromatic nitrogens is 2. The van der Waals surface area contributed by atoms with Crippen LogP contribution in [0.5, 0.6) is 0 Å². The highest BCUT2D eigenvalue weighted by molar-refractivity contribution is 6.01. The van der Waals surface area contributed by atoms with Crippen LogP contribution in [0, 0.1) is 6.92 Å². The number of carbonyl (C=O) groups is 1. The molecule has 0 saturated carbocycles. The van der Waals surface area contributed by atoms with Crippen molar-refractivity contribution in [2.24, 2.45) is 14.1 Å². The van der Waals surface area contributed by atoms with Crippen molar-refractivity contribution in [2.45, 2.75) is 6.92 Å². The van der Waals surface area contributed by atoms with Crippen molar-refractivity contribution in [1.82, 2.24) is 9.13 Å². The van der Waals surface area contributed by atoms with Crippen molar-refractivity contribution in [3.63, 3.8) is 0 Å². The monoisotopic (exact) mass is 299 g/mol. The molecular formula is C16H17N3O3. The second-order valence-electron chi connectivity index (χ2n) is 5.03. The fourth-order valence-corrected chi connectivity index (χ4v) is 2.02. The summed E-state index contributed by atoms with van der Waals surface area (Å²) in [5.74, 6) is -0.346. The summed E-state index contributed by atoms with van der Waals surface area (Å²) in [5, 5.41) is 2.71. The molecule has 1 aromatic heterocycles. The smallest absolute Gasteiger partial charge is 0.323 e. The Morgan fingerprint density at radius 1 is 1.23 bits per heavy atom. The van der Waals surface area contributed by atoms with Gasteiger partial charge < -0.3 is 9.88 Å². The number of anilines is 1. The van der Waals surface area contributed by atoms with Crippen LogP contribution in [-0.2, 0) is 18.9 Å². The number of carbonyl (C=O) groups excluding carboxylic acids is 1. The van der Waals surface area contributed by atoms with Gasteiger partial charge in [0.2, 0.25) is 5.91 Å². The summed E-state index contributed by atoms with van der Waals surface area (Å²) in [5.41, 5.74) is 1.13. The zero-order valence-corrected chi connectivity index (χ0v) is 12.7. The lowest BCUT2D eigenvalue weighted by Crippen LogP contribution is -2.37. The second kappa shape index (κ2) is 6.26. The third-order valence-corrected chi connectivity index (χ3v) is 3.17. The van der Waals surface area contributed by atoms with Crippen molar-refractivity contribution in [1.29, 1.82) is 0 Å². The Morgan fingerprint density at radius 3 is 2.64 bits per heavy atom. The van der Waals surface area contributed by atoms with Gasteiger partial charge in [-0.1, -0.05) is 12.1 Å². The van der Waals surface area contributed by atoms with Gasteiger partial charge in [0, 0.05) is 32.1 Å². The van der Waals surface area contributed by atoms with Crippen LogP contribution < -0.4 is 16.6 Å². The van der Waals surface area contributed by atoms with E-state index in [0.29, 0.717) is 5.69 Å². The van der Waals surface area contributed by atoms with Gasteiger partial charge in [-0.3, -0.25) is 14.2 Å². The van der Waals surface area contributed by atoms with Crippen LogP contribution in [0.1, 0.15) is 11.1 Å². The third-order valence-electron chi connectivity index (χ3n) is 3.17. The Hall–Kier alpha value is -2.89. The van der Waals surface area contributed by atoms with E-state index in [4.69, 9.17) is 0 Å². The quantitative estimate of drug-likeness (QED) is 0.861. The zero-order chi connectivity index (χ0) is 16.3. The van der Waals surface area contributed by atoms with Crippen molar-refractivity contribution in [3.05, 3.63) is 68.5 Å². The normalized spacial score (nSPS) is 10.9. The van der Waals surface area contributed by atoms with E-state index in [9.17, 15) is 14.4 Å². The van der Waals surface area contributed by atoms with Crippen LogP contribution in [0.15, 0.2) is 46.1 Å². The van der Waals surface area contributed by atoms with Gasteiger partial charge in [0.25, 0.3) is 5.56 Å². The van der Waals surface area contributed by atoms with Crippen molar-refractivity contribution in [2.75, 3.05) is 5.32 Å².